The van der Waals surface area contributed by atoms with Crippen molar-refractivity contribution in [2.24, 2.45) is 0 Å². The molecule has 2 aromatic rings. The van der Waals surface area contributed by atoms with E-state index in [2.05, 4.69) is 55.4 Å². The molecule has 104 valence electrons. The number of hydrogen-bond donors (Lipinski definition) is 1. The molecule has 0 unspecified atom stereocenters. The Bertz CT molecular complexity index is 631. The first kappa shape index (κ1) is 13.9. The minimum Gasteiger partial charge on any atom is -0.454 e. The maximum Gasteiger partial charge on any atom is 0.231 e. The molecule has 0 radical (unpaired) electrons. The van der Waals surface area contributed by atoms with Gasteiger partial charge in [-0.05, 0) is 51.3 Å². The lowest BCUT2D eigenvalue weighted by molar-refractivity contribution is 0.173. The van der Waals surface area contributed by atoms with Gasteiger partial charge in [-0.2, -0.15) is 0 Å². The number of fused-ring (bicyclic) bond motifs is 1. The van der Waals surface area contributed by atoms with Gasteiger partial charge < -0.3 is 14.8 Å². The van der Waals surface area contributed by atoms with Crippen LogP contribution in [0.15, 0.2) is 45.3 Å². The van der Waals surface area contributed by atoms with E-state index in [9.17, 15) is 0 Å². The van der Waals surface area contributed by atoms with E-state index in [1.807, 2.05) is 18.2 Å². The fraction of sp³-hybridized carbons (Fsp3) is 0.200. The maximum atomic E-state index is 5.41. The molecule has 0 saturated heterocycles. The third kappa shape index (κ3) is 3.16. The van der Waals surface area contributed by atoms with Crippen LogP contribution in [0.1, 0.15) is 11.1 Å². The smallest absolute Gasteiger partial charge is 0.231 e. The van der Waals surface area contributed by atoms with Gasteiger partial charge in [0.25, 0.3) is 0 Å². The predicted molar refractivity (Wildman–Crippen MR) is 85.0 cm³/mol. The summed E-state index contributed by atoms with van der Waals surface area (Å²) < 4.78 is 12.8. The summed E-state index contributed by atoms with van der Waals surface area (Å²) in [5.41, 5.74) is 2.41. The summed E-state index contributed by atoms with van der Waals surface area (Å²) in [5, 5.41) is 3.43. The first-order chi connectivity index (χ1) is 9.72. The second-order valence-corrected chi connectivity index (χ2v) is 6.31. The van der Waals surface area contributed by atoms with Crippen molar-refractivity contribution in [3.63, 3.8) is 0 Å². The molecule has 0 fully saturated rings. The van der Waals surface area contributed by atoms with Gasteiger partial charge >= 0.3 is 0 Å². The van der Waals surface area contributed by atoms with Crippen molar-refractivity contribution in [2.45, 2.75) is 13.1 Å². The maximum absolute atomic E-state index is 5.41. The molecule has 2 aromatic carbocycles. The minimum atomic E-state index is 0.295. The molecule has 0 bridgehead atoms. The molecule has 1 aliphatic rings. The Kier molecular flexibility index (Phi) is 4.29. The van der Waals surface area contributed by atoms with Crippen LogP contribution in [0.2, 0.25) is 0 Å². The van der Waals surface area contributed by atoms with Crippen LogP contribution in [-0.4, -0.2) is 6.79 Å². The Morgan fingerprint density at radius 3 is 2.70 bits per heavy atom. The van der Waals surface area contributed by atoms with Crippen molar-refractivity contribution in [1.29, 1.82) is 0 Å². The Morgan fingerprint density at radius 1 is 1.00 bits per heavy atom. The third-order valence-electron chi connectivity index (χ3n) is 3.03. The van der Waals surface area contributed by atoms with Crippen molar-refractivity contribution in [1.82, 2.24) is 5.32 Å². The number of rotatable bonds is 4. The van der Waals surface area contributed by atoms with Crippen molar-refractivity contribution in [3.8, 4) is 11.5 Å². The molecule has 0 aromatic heterocycles. The monoisotopic (exact) mass is 397 g/mol. The largest absolute Gasteiger partial charge is 0.454 e. The molecule has 1 aliphatic heterocycles. The van der Waals surface area contributed by atoms with Crippen LogP contribution in [0.4, 0.5) is 0 Å². The molecule has 0 atom stereocenters. The molecule has 3 nitrogen and oxygen atoms in total. The molecule has 0 saturated carbocycles. The summed E-state index contributed by atoms with van der Waals surface area (Å²) in [7, 11) is 0. The van der Waals surface area contributed by atoms with Gasteiger partial charge in [0.1, 0.15) is 0 Å². The molecule has 20 heavy (non-hydrogen) atoms. The second-order valence-electron chi connectivity index (χ2n) is 4.54. The van der Waals surface area contributed by atoms with E-state index in [1.54, 1.807) is 0 Å². The normalized spacial score (nSPS) is 12.7. The van der Waals surface area contributed by atoms with Crippen molar-refractivity contribution >= 4 is 31.9 Å². The highest BCUT2D eigenvalue weighted by molar-refractivity contribution is 9.10. The Labute approximate surface area is 134 Å². The van der Waals surface area contributed by atoms with E-state index in [0.29, 0.717) is 6.79 Å². The summed E-state index contributed by atoms with van der Waals surface area (Å²) in [6.45, 7) is 1.90. The van der Waals surface area contributed by atoms with E-state index >= 15 is 0 Å². The molecule has 1 heterocycles. The van der Waals surface area contributed by atoms with Crippen LogP contribution in [0.5, 0.6) is 11.5 Å². The quantitative estimate of drug-likeness (QED) is 0.835. The molecule has 0 aliphatic carbocycles. The highest BCUT2D eigenvalue weighted by atomic mass is 79.9. The Hall–Kier alpha value is -1.04. The molecule has 1 N–H and O–H groups in total. The first-order valence-electron chi connectivity index (χ1n) is 6.25. The Balaban J connectivity index is 1.63. The standard InChI is InChI=1S/C15H13Br2NO2/c16-12-3-1-2-10(4-12)7-18-8-11-5-13(17)15-14(6-11)19-9-20-15/h1-6,18H,7-9H2. The second kappa shape index (κ2) is 6.16. The van der Waals surface area contributed by atoms with Gasteiger partial charge in [0, 0.05) is 17.6 Å². The summed E-state index contributed by atoms with van der Waals surface area (Å²) in [6.07, 6.45) is 0. The van der Waals surface area contributed by atoms with E-state index in [0.717, 1.165) is 39.1 Å². The zero-order valence-electron chi connectivity index (χ0n) is 10.7. The van der Waals surface area contributed by atoms with Gasteiger partial charge in [-0.1, -0.05) is 28.1 Å². The molecular formula is C15H13Br2NO2. The van der Waals surface area contributed by atoms with Crippen LogP contribution >= 0.6 is 31.9 Å². The number of ether oxygens (including phenoxy) is 2. The van der Waals surface area contributed by atoms with E-state index in [-0.39, 0.29) is 0 Å². The summed E-state index contributed by atoms with van der Waals surface area (Å²) >= 11 is 6.98. The predicted octanol–water partition coefficient (Wildman–Crippen LogP) is 4.23. The Morgan fingerprint density at radius 2 is 1.85 bits per heavy atom. The number of benzene rings is 2. The number of nitrogens with one attached hydrogen (secondary N) is 1. The first-order valence-corrected chi connectivity index (χ1v) is 7.84. The molecule has 3 rings (SSSR count). The van der Waals surface area contributed by atoms with Gasteiger partial charge in [0.05, 0.1) is 4.47 Å². The highest BCUT2D eigenvalue weighted by Gasteiger charge is 2.17. The topological polar surface area (TPSA) is 30.5 Å². The van der Waals surface area contributed by atoms with Crippen LogP contribution < -0.4 is 14.8 Å². The molecule has 5 heteroatoms. The zero-order valence-corrected chi connectivity index (χ0v) is 13.8. The van der Waals surface area contributed by atoms with Crippen LogP contribution in [-0.2, 0) is 13.1 Å². The lowest BCUT2D eigenvalue weighted by Crippen LogP contribution is -2.12. The molecular weight excluding hydrogens is 386 g/mol. The average Bonchev–Trinajstić information content (AvgIpc) is 2.88. The van der Waals surface area contributed by atoms with E-state index in [4.69, 9.17) is 9.47 Å². The molecule has 0 spiro atoms. The summed E-state index contributed by atoms with van der Waals surface area (Å²) in [4.78, 5) is 0. The minimum absolute atomic E-state index is 0.295. The van der Waals surface area contributed by atoms with Crippen LogP contribution in [0.3, 0.4) is 0 Å². The van der Waals surface area contributed by atoms with Crippen LogP contribution in [0.25, 0.3) is 0 Å². The SMILES string of the molecule is Brc1cccc(CNCc2cc(Br)c3c(c2)OCO3)c1. The average molecular weight is 399 g/mol. The van der Waals surface area contributed by atoms with Crippen molar-refractivity contribution in [3.05, 3.63) is 56.5 Å². The lowest BCUT2D eigenvalue weighted by Gasteiger charge is -2.08. The lowest BCUT2D eigenvalue weighted by atomic mass is 10.2. The summed E-state index contributed by atoms with van der Waals surface area (Å²) in [5.74, 6) is 1.60. The number of halogens is 2. The fourth-order valence-corrected chi connectivity index (χ4v) is 3.17. The van der Waals surface area contributed by atoms with Gasteiger partial charge in [-0.25, -0.2) is 0 Å². The van der Waals surface area contributed by atoms with Gasteiger partial charge in [-0.3, -0.25) is 0 Å². The highest BCUT2D eigenvalue weighted by Crippen LogP contribution is 2.39. The summed E-state index contributed by atoms with van der Waals surface area (Å²) in [6, 6.07) is 12.4. The van der Waals surface area contributed by atoms with Crippen molar-refractivity contribution < 1.29 is 9.47 Å². The van der Waals surface area contributed by atoms with E-state index < -0.39 is 0 Å². The van der Waals surface area contributed by atoms with Crippen LogP contribution in [0, 0.1) is 0 Å². The van der Waals surface area contributed by atoms with Gasteiger partial charge in [0.15, 0.2) is 11.5 Å². The molecule has 0 amide bonds. The van der Waals surface area contributed by atoms with Gasteiger partial charge in [-0.15, -0.1) is 0 Å². The fourth-order valence-electron chi connectivity index (χ4n) is 2.12. The van der Waals surface area contributed by atoms with Crippen molar-refractivity contribution in [2.75, 3.05) is 6.79 Å². The van der Waals surface area contributed by atoms with E-state index in [1.165, 1.54) is 5.56 Å². The number of hydrogen-bond acceptors (Lipinski definition) is 3. The zero-order chi connectivity index (χ0) is 13.9. The van der Waals surface area contributed by atoms with Gasteiger partial charge in [0.2, 0.25) is 6.79 Å². The third-order valence-corrected chi connectivity index (χ3v) is 4.12.